The van der Waals surface area contributed by atoms with Crippen molar-refractivity contribution in [3.8, 4) is 0 Å². The van der Waals surface area contributed by atoms with E-state index in [1.807, 2.05) is 0 Å². The lowest BCUT2D eigenvalue weighted by Gasteiger charge is -2.33. The molecule has 5 nitrogen and oxygen atoms in total. The lowest BCUT2D eigenvalue weighted by Crippen LogP contribution is -2.42. The summed E-state index contributed by atoms with van der Waals surface area (Å²) in [5, 5.41) is 18.9. The van der Waals surface area contributed by atoms with Crippen molar-refractivity contribution in [3.63, 3.8) is 0 Å². The highest BCUT2D eigenvalue weighted by molar-refractivity contribution is 5.79. The number of aliphatic hydroxyl groups is 2. The number of β-amino-alcohol motifs (C(OH)–C–C–N with tert-alkyl or cyclic N) is 2. The number of carbonyl (C=O) groups excluding carboxylic acids is 1. The number of amides is 1. The van der Waals surface area contributed by atoms with Gasteiger partial charge in [0.25, 0.3) is 0 Å². The Bertz CT molecular complexity index is 287. The van der Waals surface area contributed by atoms with Crippen LogP contribution < -0.4 is 5.73 Å². The summed E-state index contributed by atoms with van der Waals surface area (Å²) in [6.07, 6.45) is 1.01. The highest BCUT2D eigenvalue weighted by Gasteiger charge is 2.38. The Balaban J connectivity index is 1.96. The Morgan fingerprint density at radius 3 is 2.35 bits per heavy atom. The highest BCUT2D eigenvalue weighted by atomic mass is 16.3. The Hall–Kier alpha value is -0.650. The van der Waals surface area contributed by atoms with Gasteiger partial charge in [0.05, 0.1) is 12.2 Å². The standard InChI is InChI=1S/C12H22N2O3/c1-7-4-8(13)2-3-9(7)12(17)14-5-10(15)11(16)6-14/h7-11,15-16H,2-6,13H2,1H3. The first kappa shape index (κ1) is 12.8. The number of aliphatic hydroxyl groups excluding tert-OH is 2. The third-order valence-electron chi connectivity index (χ3n) is 4.10. The molecule has 4 N–H and O–H groups in total. The summed E-state index contributed by atoms with van der Waals surface area (Å²) in [4.78, 5) is 13.9. The van der Waals surface area contributed by atoms with E-state index in [4.69, 9.17) is 5.73 Å². The Morgan fingerprint density at radius 1 is 1.24 bits per heavy atom. The van der Waals surface area contributed by atoms with Crippen molar-refractivity contribution < 1.29 is 15.0 Å². The summed E-state index contributed by atoms with van der Waals surface area (Å²) in [6, 6.07) is 0.212. The van der Waals surface area contributed by atoms with Crippen molar-refractivity contribution in [1.29, 1.82) is 0 Å². The zero-order valence-electron chi connectivity index (χ0n) is 10.2. The van der Waals surface area contributed by atoms with Crippen LogP contribution in [0.3, 0.4) is 0 Å². The Morgan fingerprint density at radius 2 is 1.82 bits per heavy atom. The third kappa shape index (κ3) is 2.61. The smallest absolute Gasteiger partial charge is 0.226 e. The third-order valence-corrected chi connectivity index (χ3v) is 4.10. The van der Waals surface area contributed by atoms with Gasteiger partial charge in [0.1, 0.15) is 0 Å². The van der Waals surface area contributed by atoms with Crippen LogP contribution in [-0.4, -0.2) is 52.4 Å². The van der Waals surface area contributed by atoms with E-state index in [-0.39, 0.29) is 31.0 Å². The van der Waals surface area contributed by atoms with Crippen molar-refractivity contribution >= 4 is 5.91 Å². The molecule has 0 spiro atoms. The molecular formula is C12H22N2O3. The lowest BCUT2D eigenvalue weighted by atomic mass is 9.77. The van der Waals surface area contributed by atoms with E-state index in [1.165, 1.54) is 0 Å². The fraction of sp³-hybridized carbons (Fsp3) is 0.917. The molecule has 1 aliphatic carbocycles. The molecule has 0 aromatic heterocycles. The minimum absolute atomic E-state index is 0.00676. The number of hydrogen-bond donors (Lipinski definition) is 3. The van der Waals surface area contributed by atoms with Gasteiger partial charge in [0, 0.05) is 25.0 Å². The second-order valence-corrected chi connectivity index (χ2v) is 5.53. The molecule has 0 aromatic rings. The summed E-state index contributed by atoms with van der Waals surface area (Å²) in [5.74, 6) is 0.369. The van der Waals surface area contributed by atoms with E-state index < -0.39 is 12.2 Å². The van der Waals surface area contributed by atoms with Crippen LogP contribution in [0.4, 0.5) is 0 Å². The Kier molecular flexibility index (Phi) is 3.70. The van der Waals surface area contributed by atoms with E-state index in [9.17, 15) is 15.0 Å². The maximum Gasteiger partial charge on any atom is 0.226 e. The average Bonchev–Trinajstić information content (AvgIpc) is 2.58. The minimum atomic E-state index is -0.792. The molecule has 17 heavy (non-hydrogen) atoms. The molecule has 0 radical (unpaired) electrons. The molecule has 0 aromatic carbocycles. The van der Waals surface area contributed by atoms with Crippen LogP contribution in [0.15, 0.2) is 0 Å². The molecule has 1 saturated carbocycles. The van der Waals surface area contributed by atoms with Crippen molar-refractivity contribution in [3.05, 3.63) is 0 Å². The monoisotopic (exact) mass is 242 g/mol. The number of carbonyl (C=O) groups is 1. The number of likely N-dealkylation sites (tertiary alicyclic amines) is 1. The molecule has 1 heterocycles. The molecule has 1 amide bonds. The fourth-order valence-electron chi connectivity index (χ4n) is 2.99. The minimum Gasteiger partial charge on any atom is -0.388 e. The second-order valence-electron chi connectivity index (χ2n) is 5.53. The van der Waals surface area contributed by atoms with Crippen molar-refractivity contribution in [2.24, 2.45) is 17.6 Å². The summed E-state index contributed by atoms with van der Waals surface area (Å²) in [6.45, 7) is 2.58. The quantitative estimate of drug-likeness (QED) is 0.568. The second kappa shape index (κ2) is 4.92. The van der Waals surface area contributed by atoms with E-state index in [2.05, 4.69) is 6.92 Å². The topological polar surface area (TPSA) is 86.8 Å². The van der Waals surface area contributed by atoms with Gasteiger partial charge >= 0.3 is 0 Å². The van der Waals surface area contributed by atoms with Gasteiger partial charge in [-0.2, -0.15) is 0 Å². The normalized spacial score (nSPS) is 42.8. The zero-order chi connectivity index (χ0) is 12.6. The van der Waals surface area contributed by atoms with Gasteiger partial charge in [-0.3, -0.25) is 4.79 Å². The molecule has 2 aliphatic rings. The largest absolute Gasteiger partial charge is 0.388 e. The Labute approximate surface area is 102 Å². The maximum atomic E-state index is 12.3. The predicted octanol–water partition coefficient (Wildman–Crippen LogP) is -0.686. The van der Waals surface area contributed by atoms with Crippen LogP contribution >= 0.6 is 0 Å². The van der Waals surface area contributed by atoms with Gasteiger partial charge in [-0.05, 0) is 25.2 Å². The van der Waals surface area contributed by atoms with Crippen LogP contribution in [0, 0.1) is 11.8 Å². The molecule has 0 bridgehead atoms. The summed E-state index contributed by atoms with van der Waals surface area (Å²) >= 11 is 0. The zero-order valence-corrected chi connectivity index (χ0v) is 10.2. The van der Waals surface area contributed by atoms with E-state index in [0.29, 0.717) is 5.92 Å². The highest BCUT2D eigenvalue weighted by Crippen LogP contribution is 2.31. The number of nitrogens with two attached hydrogens (primary N) is 1. The van der Waals surface area contributed by atoms with Gasteiger partial charge in [-0.15, -0.1) is 0 Å². The summed E-state index contributed by atoms with van der Waals surface area (Å²) in [7, 11) is 0. The van der Waals surface area contributed by atoms with E-state index in [1.54, 1.807) is 4.90 Å². The van der Waals surface area contributed by atoms with Gasteiger partial charge in [0.2, 0.25) is 5.91 Å². The predicted molar refractivity (Wildman–Crippen MR) is 63.1 cm³/mol. The maximum absolute atomic E-state index is 12.3. The van der Waals surface area contributed by atoms with Crippen LogP contribution in [0.2, 0.25) is 0 Å². The fourth-order valence-corrected chi connectivity index (χ4v) is 2.99. The molecule has 5 unspecified atom stereocenters. The molecule has 2 rings (SSSR count). The molecular weight excluding hydrogens is 220 g/mol. The first-order valence-electron chi connectivity index (χ1n) is 6.39. The molecule has 5 heteroatoms. The van der Waals surface area contributed by atoms with Gasteiger partial charge in [-0.1, -0.05) is 6.92 Å². The number of nitrogens with zero attached hydrogens (tertiary/aromatic N) is 1. The first-order chi connectivity index (χ1) is 7.99. The van der Waals surface area contributed by atoms with Crippen molar-refractivity contribution in [1.82, 2.24) is 4.90 Å². The number of hydrogen-bond acceptors (Lipinski definition) is 4. The number of rotatable bonds is 1. The lowest BCUT2D eigenvalue weighted by molar-refractivity contribution is -0.137. The van der Waals surface area contributed by atoms with E-state index in [0.717, 1.165) is 19.3 Å². The molecule has 1 aliphatic heterocycles. The van der Waals surface area contributed by atoms with Crippen molar-refractivity contribution in [2.75, 3.05) is 13.1 Å². The average molecular weight is 242 g/mol. The summed E-state index contributed by atoms with van der Waals surface area (Å²) < 4.78 is 0. The van der Waals surface area contributed by atoms with Gasteiger partial charge < -0.3 is 20.8 Å². The summed E-state index contributed by atoms with van der Waals surface area (Å²) in [5.41, 5.74) is 5.88. The van der Waals surface area contributed by atoms with Gasteiger partial charge in [0.15, 0.2) is 0 Å². The first-order valence-corrected chi connectivity index (χ1v) is 6.39. The van der Waals surface area contributed by atoms with Gasteiger partial charge in [-0.25, -0.2) is 0 Å². The van der Waals surface area contributed by atoms with Crippen LogP contribution in [-0.2, 0) is 4.79 Å². The SMILES string of the molecule is CC1CC(N)CCC1C(=O)N1CC(O)C(O)C1. The van der Waals surface area contributed by atoms with Crippen LogP contribution in [0.5, 0.6) is 0 Å². The van der Waals surface area contributed by atoms with Crippen molar-refractivity contribution in [2.45, 2.75) is 44.4 Å². The molecule has 98 valence electrons. The molecule has 1 saturated heterocycles. The van der Waals surface area contributed by atoms with Crippen LogP contribution in [0.25, 0.3) is 0 Å². The molecule has 2 fully saturated rings. The van der Waals surface area contributed by atoms with Crippen LogP contribution in [0.1, 0.15) is 26.2 Å². The molecule has 5 atom stereocenters. The van der Waals surface area contributed by atoms with E-state index >= 15 is 0 Å².